The van der Waals surface area contributed by atoms with E-state index < -0.39 is 0 Å². The van der Waals surface area contributed by atoms with Gasteiger partial charge in [0.05, 0.1) is 19.8 Å². The van der Waals surface area contributed by atoms with Crippen molar-refractivity contribution in [3.05, 3.63) is 23.8 Å². The van der Waals surface area contributed by atoms with Crippen molar-refractivity contribution in [1.29, 1.82) is 0 Å². The van der Waals surface area contributed by atoms with Crippen molar-refractivity contribution in [2.75, 3.05) is 34.5 Å². The molecule has 1 aromatic rings. The zero-order valence-corrected chi connectivity index (χ0v) is 11.3. The maximum absolute atomic E-state index is 5.51. The first-order valence-corrected chi connectivity index (χ1v) is 6.25. The highest BCUT2D eigenvalue weighted by molar-refractivity contribution is 5.45. The van der Waals surface area contributed by atoms with Crippen LogP contribution in [0.25, 0.3) is 0 Å². The third kappa shape index (κ3) is 2.31. The van der Waals surface area contributed by atoms with E-state index >= 15 is 0 Å². The van der Waals surface area contributed by atoms with Crippen molar-refractivity contribution in [3.63, 3.8) is 0 Å². The summed E-state index contributed by atoms with van der Waals surface area (Å²) in [7, 11) is 5.35. The number of hydrogen-bond acceptors (Lipinski definition) is 4. The summed E-state index contributed by atoms with van der Waals surface area (Å²) in [5.74, 6) is 1.68. The smallest absolute Gasteiger partial charge is 0.127 e. The van der Waals surface area contributed by atoms with Crippen LogP contribution >= 0.6 is 0 Å². The van der Waals surface area contributed by atoms with Crippen LogP contribution in [0, 0.1) is 0 Å². The molecular weight excluding hydrogens is 230 g/mol. The third-order valence-electron chi connectivity index (χ3n) is 3.75. The van der Waals surface area contributed by atoms with Crippen LogP contribution in [0.2, 0.25) is 0 Å². The summed E-state index contributed by atoms with van der Waals surface area (Å²) in [6, 6.07) is 6.00. The summed E-state index contributed by atoms with van der Waals surface area (Å²) in [5.41, 5.74) is 1.12. The summed E-state index contributed by atoms with van der Waals surface area (Å²) in [6.07, 6.45) is 1.90. The molecule has 0 radical (unpaired) electrons. The van der Waals surface area contributed by atoms with Gasteiger partial charge < -0.3 is 19.5 Å². The van der Waals surface area contributed by atoms with Gasteiger partial charge in [0.2, 0.25) is 0 Å². The lowest BCUT2D eigenvalue weighted by atomic mass is 9.82. The molecule has 4 heteroatoms. The Balaban J connectivity index is 2.40. The Kier molecular flexibility index (Phi) is 4.09. The number of rotatable bonds is 4. The third-order valence-corrected chi connectivity index (χ3v) is 3.75. The minimum atomic E-state index is -0.0597. The van der Waals surface area contributed by atoms with Gasteiger partial charge in [-0.25, -0.2) is 0 Å². The van der Waals surface area contributed by atoms with Crippen LogP contribution < -0.4 is 14.8 Å². The molecule has 1 N–H and O–H groups in total. The van der Waals surface area contributed by atoms with Gasteiger partial charge in [-0.15, -0.1) is 0 Å². The highest BCUT2D eigenvalue weighted by Crippen LogP contribution is 2.38. The van der Waals surface area contributed by atoms with E-state index in [4.69, 9.17) is 14.2 Å². The van der Waals surface area contributed by atoms with E-state index in [1.807, 2.05) is 19.2 Å². The zero-order chi connectivity index (χ0) is 13.0. The van der Waals surface area contributed by atoms with Crippen LogP contribution in [0.1, 0.15) is 18.4 Å². The molecule has 2 rings (SSSR count). The van der Waals surface area contributed by atoms with Gasteiger partial charge in [0.15, 0.2) is 0 Å². The van der Waals surface area contributed by atoms with Crippen molar-refractivity contribution < 1.29 is 14.2 Å². The van der Waals surface area contributed by atoms with Gasteiger partial charge in [-0.05, 0) is 32.0 Å². The average molecular weight is 251 g/mol. The van der Waals surface area contributed by atoms with Crippen LogP contribution in [0.15, 0.2) is 18.2 Å². The van der Waals surface area contributed by atoms with Crippen LogP contribution in [-0.4, -0.2) is 34.5 Å². The molecule has 0 spiro atoms. The summed E-state index contributed by atoms with van der Waals surface area (Å²) in [4.78, 5) is 0. The van der Waals surface area contributed by atoms with Crippen molar-refractivity contribution in [2.24, 2.45) is 0 Å². The highest BCUT2D eigenvalue weighted by Gasteiger charge is 2.35. The Morgan fingerprint density at radius 1 is 1.17 bits per heavy atom. The van der Waals surface area contributed by atoms with Gasteiger partial charge in [0, 0.05) is 24.8 Å². The summed E-state index contributed by atoms with van der Waals surface area (Å²) in [5, 5.41) is 3.45. The molecule has 0 aliphatic carbocycles. The fourth-order valence-electron chi connectivity index (χ4n) is 2.57. The first kappa shape index (κ1) is 13.2. The maximum Gasteiger partial charge on any atom is 0.127 e. The fraction of sp³-hybridized carbons (Fsp3) is 0.571. The second kappa shape index (κ2) is 5.59. The lowest BCUT2D eigenvalue weighted by molar-refractivity contribution is 0.0389. The first-order chi connectivity index (χ1) is 8.75. The Bertz CT molecular complexity index is 400. The van der Waals surface area contributed by atoms with Crippen LogP contribution in [0.5, 0.6) is 11.5 Å². The van der Waals surface area contributed by atoms with Gasteiger partial charge in [0.1, 0.15) is 11.5 Å². The van der Waals surface area contributed by atoms with Gasteiger partial charge in [0.25, 0.3) is 0 Å². The molecule has 1 aliphatic rings. The monoisotopic (exact) mass is 251 g/mol. The average Bonchev–Trinajstić information content (AvgIpc) is 2.47. The van der Waals surface area contributed by atoms with E-state index in [2.05, 4.69) is 11.4 Å². The van der Waals surface area contributed by atoms with Crippen molar-refractivity contribution in [3.8, 4) is 11.5 Å². The van der Waals surface area contributed by atoms with E-state index in [0.29, 0.717) is 0 Å². The summed E-state index contributed by atoms with van der Waals surface area (Å²) >= 11 is 0. The van der Waals surface area contributed by atoms with Crippen LogP contribution in [0.4, 0.5) is 0 Å². The Morgan fingerprint density at radius 2 is 1.89 bits per heavy atom. The molecule has 0 atom stereocenters. The number of nitrogens with one attached hydrogen (secondary N) is 1. The Morgan fingerprint density at radius 3 is 2.44 bits per heavy atom. The van der Waals surface area contributed by atoms with Gasteiger partial charge in [-0.1, -0.05) is 0 Å². The van der Waals surface area contributed by atoms with E-state index in [-0.39, 0.29) is 5.54 Å². The van der Waals surface area contributed by atoms with E-state index in [1.165, 1.54) is 5.56 Å². The van der Waals surface area contributed by atoms with Crippen LogP contribution in [0.3, 0.4) is 0 Å². The number of methoxy groups -OCH3 is 2. The first-order valence-electron chi connectivity index (χ1n) is 6.25. The SMILES string of the molecule is CNC1(c2ccc(OC)cc2OC)CCOCC1. The van der Waals surface area contributed by atoms with E-state index in [9.17, 15) is 0 Å². The standard InChI is InChI=1S/C14H21NO3/c1-15-14(6-8-18-9-7-14)12-5-4-11(16-2)10-13(12)17-3/h4-5,10,15H,6-9H2,1-3H3. The molecule has 1 heterocycles. The second-order valence-electron chi connectivity index (χ2n) is 4.51. The Hall–Kier alpha value is -1.26. The normalized spacial score (nSPS) is 18.4. The van der Waals surface area contributed by atoms with Crippen LogP contribution in [-0.2, 0) is 10.3 Å². The van der Waals surface area contributed by atoms with Gasteiger partial charge in [-0.3, -0.25) is 0 Å². The van der Waals surface area contributed by atoms with E-state index in [0.717, 1.165) is 37.6 Å². The summed E-state index contributed by atoms with van der Waals surface area (Å²) < 4.78 is 16.2. The lowest BCUT2D eigenvalue weighted by Crippen LogP contribution is -2.45. The molecule has 4 nitrogen and oxygen atoms in total. The predicted molar refractivity (Wildman–Crippen MR) is 70.3 cm³/mol. The van der Waals surface area contributed by atoms with Gasteiger partial charge >= 0.3 is 0 Å². The predicted octanol–water partition coefficient (Wildman–Crippen LogP) is 1.93. The molecule has 0 bridgehead atoms. The molecule has 0 amide bonds. The molecule has 18 heavy (non-hydrogen) atoms. The number of benzene rings is 1. The zero-order valence-electron chi connectivity index (χ0n) is 11.3. The molecule has 0 saturated carbocycles. The molecule has 1 fully saturated rings. The molecule has 100 valence electrons. The number of hydrogen-bond donors (Lipinski definition) is 1. The fourth-order valence-corrected chi connectivity index (χ4v) is 2.57. The Labute approximate surface area is 108 Å². The largest absolute Gasteiger partial charge is 0.497 e. The quantitative estimate of drug-likeness (QED) is 0.887. The maximum atomic E-state index is 5.51. The highest BCUT2D eigenvalue weighted by atomic mass is 16.5. The topological polar surface area (TPSA) is 39.7 Å². The van der Waals surface area contributed by atoms with Crippen molar-refractivity contribution in [2.45, 2.75) is 18.4 Å². The molecule has 0 aromatic heterocycles. The molecule has 1 aliphatic heterocycles. The molecule has 1 aromatic carbocycles. The van der Waals surface area contributed by atoms with Crippen molar-refractivity contribution >= 4 is 0 Å². The minimum absolute atomic E-state index is 0.0597. The lowest BCUT2D eigenvalue weighted by Gasteiger charge is -2.38. The van der Waals surface area contributed by atoms with E-state index in [1.54, 1.807) is 14.2 Å². The summed E-state index contributed by atoms with van der Waals surface area (Å²) in [6.45, 7) is 1.55. The molecule has 1 saturated heterocycles. The van der Waals surface area contributed by atoms with Crippen molar-refractivity contribution in [1.82, 2.24) is 5.32 Å². The second-order valence-corrected chi connectivity index (χ2v) is 4.51. The minimum Gasteiger partial charge on any atom is -0.497 e. The molecule has 0 unspecified atom stereocenters. The van der Waals surface area contributed by atoms with Gasteiger partial charge in [-0.2, -0.15) is 0 Å². The molecular formula is C14H21NO3. The number of ether oxygens (including phenoxy) is 3.